The van der Waals surface area contributed by atoms with Crippen molar-refractivity contribution in [1.29, 1.82) is 0 Å². The minimum Gasteiger partial charge on any atom is -0.494 e. The number of nitrogens with one attached hydrogen (secondary N) is 1. The van der Waals surface area contributed by atoms with Crippen molar-refractivity contribution in [2.75, 3.05) is 39.3 Å². The zero-order valence-electron chi connectivity index (χ0n) is 25.3. The Kier molecular flexibility index (Phi) is 11.6. The number of amides is 2. The van der Waals surface area contributed by atoms with Crippen molar-refractivity contribution >= 4 is 46.1 Å². The van der Waals surface area contributed by atoms with Crippen molar-refractivity contribution in [1.82, 2.24) is 4.90 Å². The highest BCUT2D eigenvalue weighted by molar-refractivity contribution is 8.15. The number of benzene rings is 3. The number of esters is 1. The van der Waals surface area contributed by atoms with Crippen LogP contribution in [0.1, 0.15) is 42.6 Å². The van der Waals surface area contributed by atoms with Crippen LogP contribution in [-0.4, -0.2) is 67.1 Å². The fourth-order valence-corrected chi connectivity index (χ4v) is 5.54. The number of amidine groups is 1. The number of hydrogen-bond acceptors (Lipinski definition) is 9. The topological polar surface area (TPSA) is 116 Å². The molecule has 0 aromatic heterocycles. The van der Waals surface area contributed by atoms with E-state index < -0.39 is 11.2 Å². The quantitative estimate of drug-likeness (QED) is 0.236. The van der Waals surface area contributed by atoms with Gasteiger partial charge in [-0.2, -0.15) is 0 Å². The summed E-state index contributed by atoms with van der Waals surface area (Å²) in [5.41, 5.74) is 2.49. The zero-order chi connectivity index (χ0) is 31.5. The molecule has 0 bridgehead atoms. The molecule has 0 aliphatic carbocycles. The molecule has 1 aliphatic heterocycles. The summed E-state index contributed by atoms with van der Waals surface area (Å²) in [6.07, 6.45) is 1.44. The van der Waals surface area contributed by atoms with Crippen LogP contribution < -0.4 is 19.5 Å². The van der Waals surface area contributed by atoms with Crippen molar-refractivity contribution in [3.63, 3.8) is 0 Å². The second-order valence-corrected chi connectivity index (χ2v) is 11.0. The van der Waals surface area contributed by atoms with E-state index in [0.29, 0.717) is 53.2 Å². The van der Waals surface area contributed by atoms with Gasteiger partial charge in [0.1, 0.15) is 11.0 Å². The van der Waals surface area contributed by atoms with E-state index >= 15 is 0 Å². The molecule has 1 fully saturated rings. The van der Waals surface area contributed by atoms with Crippen LogP contribution >= 0.6 is 11.8 Å². The molecule has 3 aromatic carbocycles. The maximum absolute atomic E-state index is 13.5. The maximum Gasteiger partial charge on any atom is 0.338 e. The third-order valence-corrected chi connectivity index (χ3v) is 7.89. The molecule has 0 saturated carbocycles. The Morgan fingerprint density at radius 1 is 0.977 bits per heavy atom. The highest BCUT2D eigenvalue weighted by Crippen LogP contribution is 2.32. The van der Waals surface area contributed by atoms with Gasteiger partial charge >= 0.3 is 5.97 Å². The van der Waals surface area contributed by atoms with E-state index in [2.05, 4.69) is 5.32 Å². The molecule has 0 radical (unpaired) electrons. The predicted molar refractivity (Wildman–Crippen MR) is 171 cm³/mol. The molecule has 1 heterocycles. The number of anilines is 1. The molecule has 2 amide bonds. The summed E-state index contributed by atoms with van der Waals surface area (Å²) in [5.74, 6) is 1.01. The number of hydrogen-bond donors (Lipinski definition) is 1. The summed E-state index contributed by atoms with van der Waals surface area (Å²) in [6, 6.07) is 19.4. The molecule has 10 nitrogen and oxygen atoms in total. The molecule has 1 unspecified atom stereocenters. The minimum absolute atomic E-state index is 0.0148. The third kappa shape index (κ3) is 8.53. The smallest absolute Gasteiger partial charge is 0.338 e. The van der Waals surface area contributed by atoms with E-state index in [4.69, 9.17) is 23.9 Å². The van der Waals surface area contributed by atoms with Crippen LogP contribution in [0.3, 0.4) is 0 Å². The normalized spacial score (nSPS) is 15.5. The summed E-state index contributed by atoms with van der Waals surface area (Å²) >= 11 is 1.23. The van der Waals surface area contributed by atoms with Gasteiger partial charge in [-0.25, -0.2) is 9.79 Å². The lowest BCUT2D eigenvalue weighted by atomic mass is 10.1. The summed E-state index contributed by atoms with van der Waals surface area (Å²) in [7, 11) is 3.15. The van der Waals surface area contributed by atoms with E-state index in [1.165, 1.54) is 11.8 Å². The number of aliphatic imine (C=N–C) groups is 1. The first-order valence-electron chi connectivity index (χ1n) is 14.4. The first-order valence-corrected chi connectivity index (χ1v) is 15.3. The first-order chi connectivity index (χ1) is 21.3. The summed E-state index contributed by atoms with van der Waals surface area (Å²) in [5, 5.41) is 2.62. The third-order valence-electron chi connectivity index (χ3n) is 6.70. The van der Waals surface area contributed by atoms with Crippen LogP contribution in [0.2, 0.25) is 0 Å². The Labute approximate surface area is 261 Å². The minimum atomic E-state index is -0.687. The molecular weight excluding hydrogens is 582 g/mol. The Hall–Kier alpha value is -4.51. The summed E-state index contributed by atoms with van der Waals surface area (Å²) < 4.78 is 21.4. The van der Waals surface area contributed by atoms with Crippen molar-refractivity contribution in [2.24, 2.45) is 4.99 Å². The molecular formula is C33H37N3O7S. The molecule has 3 aromatic rings. The predicted octanol–water partition coefficient (Wildman–Crippen LogP) is 5.87. The SMILES string of the molecule is CCCOc1ccc(NC(=O)C2CC(=O)N(CCc3ccc(OC)c(OC)c3)C(=Nc3ccc(C(=O)OCC)cc3)S2)cc1. The summed E-state index contributed by atoms with van der Waals surface area (Å²) in [4.78, 5) is 45.2. The van der Waals surface area contributed by atoms with Crippen LogP contribution in [-0.2, 0) is 20.7 Å². The van der Waals surface area contributed by atoms with Crippen molar-refractivity contribution in [3.8, 4) is 17.2 Å². The lowest BCUT2D eigenvalue weighted by Gasteiger charge is -2.32. The van der Waals surface area contributed by atoms with Crippen molar-refractivity contribution < 1.29 is 33.3 Å². The highest BCUT2D eigenvalue weighted by atomic mass is 32.2. The largest absolute Gasteiger partial charge is 0.494 e. The molecule has 232 valence electrons. The molecule has 1 saturated heterocycles. The van der Waals surface area contributed by atoms with Gasteiger partial charge in [0, 0.05) is 18.7 Å². The maximum atomic E-state index is 13.5. The lowest BCUT2D eigenvalue weighted by Crippen LogP contribution is -2.46. The fraction of sp³-hybridized carbons (Fsp3) is 0.333. The first kappa shape index (κ1) is 32.4. The van der Waals surface area contributed by atoms with Crippen LogP contribution in [0.5, 0.6) is 17.2 Å². The number of thioether (sulfide) groups is 1. The van der Waals surface area contributed by atoms with E-state index in [0.717, 1.165) is 17.7 Å². The van der Waals surface area contributed by atoms with E-state index in [1.54, 1.807) is 74.6 Å². The molecule has 0 spiro atoms. The molecule has 11 heteroatoms. The number of methoxy groups -OCH3 is 2. The van der Waals surface area contributed by atoms with Gasteiger partial charge in [0.05, 0.1) is 38.7 Å². The van der Waals surface area contributed by atoms with E-state index in [1.807, 2.05) is 25.1 Å². The van der Waals surface area contributed by atoms with Crippen LogP contribution in [0.4, 0.5) is 11.4 Å². The van der Waals surface area contributed by atoms with Gasteiger partial charge in [-0.15, -0.1) is 0 Å². The highest BCUT2D eigenvalue weighted by Gasteiger charge is 2.36. The molecule has 1 N–H and O–H groups in total. The second kappa shape index (κ2) is 15.8. The average Bonchev–Trinajstić information content (AvgIpc) is 3.04. The lowest BCUT2D eigenvalue weighted by molar-refractivity contribution is -0.129. The van der Waals surface area contributed by atoms with Gasteiger partial charge in [0.2, 0.25) is 11.8 Å². The van der Waals surface area contributed by atoms with Crippen LogP contribution in [0.25, 0.3) is 0 Å². The van der Waals surface area contributed by atoms with Gasteiger partial charge in [0.25, 0.3) is 0 Å². The molecule has 44 heavy (non-hydrogen) atoms. The number of ether oxygens (including phenoxy) is 4. The van der Waals surface area contributed by atoms with Crippen molar-refractivity contribution in [3.05, 3.63) is 77.9 Å². The second-order valence-electron chi connectivity index (χ2n) is 9.82. The van der Waals surface area contributed by atoms with Gasteiger partial charge in [0.15, 0.2) is 16.7 Å². The number of carbonyl (C=O) groups excluding carboxylic acids is 3. The Bertz CT molecular complexity index is 1480. The molecule has 1 atom stereocenters. The Balaban J connectivity index is 1.54. The zero-order valence-corrected chi connectivity index (χ0v) is 26.1. The average molecular weight is 620 g/mol. The molecule has 4 rings (SSSR count). The van der Waals surface area contributed by atoms with Crippen LogP contribution in [0.15, 0.2) is 71.7 Å². The van der Waals surface area contributed by atoms with E-state index in [-0.39, 0.29) is 24.8 Å². The molecule has 1 aliphatic rings. The van der Waals surface area contributed by atoms with Gasteiger partial charge in [-0.05, 0) is 86.0 Å². The Morgan fingerprint density at radius 3 is 2.36 bits per heavy atom. The monoisotopic (exact) mass is 619 g/mol. The van der Waals surface area contributed by atoms with Gasteiger partial charge in [-0.3, -0.25) is 14.5 Å². The number of rotatable bonds is 13. The summed E-state index contributed by atoms with van der Waals surface area (Å²) in [6.45, 7) is 5.01. The Morgan fingerprint density at radius 2 is 1.70 bits per heavy atom. The van der Waals surface area contributed by atoms with Crippen molar-refractivity contribution in [2.45, 2.75) is 38.4 Å². The number of nitrogens with zero attached hydrogens (tertiary/aromatic N) is 2. The van der Waals surface area contributed by atoms with Crippen LogP contribution in [0, 0.1) is 0 Å². The van der Waals surface area contributed by atoms with E-state index in [9.17, 15) is 14.4 Å². The number of carbonyl (C=O) groups is 3. The van der Waals surface area contributed by atoms with Gasteiger partial charge in [-0.1, -0.05) is 24.8 Å². The van der Waals surface area contributed by atoms with Gasteiger partial charge < -0.3 is 24.3 Å². The standard InChI is InChI=1S/C33H37N3O7S/c1-5-19-43-26-14-12-24(13-15-26)34-31(38)29-21-30(37)36(18-17-22-7-16-27(40-3)28(20-22)41-4)33(44-29)35-25-10-8-23(9-11-25)32(39)42-6-2/h7-16,20,29H,5-6,17-19,21H2,1-4H3,(H,34,38). The fourth-order valence-electron chi connectivity index (χ4n) is 4.41.